The number of rotatable bonds is 5. The molecule has 0 saturated carbocycles. The minimum Gasteiger partial charge on any atom is -0.483 e. The van der Waals surface area contributed by atoms with Gasteiger partial charge in [0.05, 0.1) is 16.0 Å². The number of benzene rings is 1. The van der Waals surface area contributed by atoms with Gasteiger partial charge in [0.1, 0.15) is 5.75 Å². The van der Waals surface area contributed by atoms with Gasteiger partial charge < -0.3 is 15.0 Å². The summed E-state index contributed by atoms with van der Waals surface area (Å²) >= 11 is 0. The van der Waals surface area contributed by atoms with E-state index in [1.807, 2.05) is 0 Å². The molecule has 0 spiro atoms. The lowest BCUT2D eigenvalue weighted by molar-refractivity contribution is -0.385. The normalized spacial score (nSPS) is 11.4. The molecule has 0 saturated heterocycles. The van der Waals surface area contributed by atoms with E-state index in [1.165, 1.54) is 6.07 Å². The molecule has 1 aromatic heterocycles. The molecule has 0 radical (unpaired) electrons. The van der Waals surface area contributed by atoms with Crippen LogP contribution in [0, 0.1) is 17.0 Å². The molecule has 1 aromatic carbocycles. The molecule has 8 nitrogen and oxygen atoms in total. The molecule has 2 rings (SSSR count). The van der Waals surface area contributed by atoms with Crippen LogP contribution >= 0.6 is 0 Å². The van der Waals surface area contributed by atoms with E-state index in [1.54, 1.807) is 32.9 Å². The molecule has 2 aromatic rings. The standard InChI is InChI=1S/C13H16N4O4/c1-8-9(17(18)19)5-4-6-10(8)20-7-11-15-12(16-21-11)13(2,3)14/h4-6H,7,14H2,1-3H3. The van der Waals surface area contributed by atoms with Gasteiger partial charge in [0.2, 0.25) is 0 Å². The van der Waals surface area contributed by atoms with Gasteiger partial charge in [0.15, 0.2) is 12.4 Å². The van der Waals surface area contributed by atoms with Gasteiger partial charge in [-0.25, -0.2) is 0 Å². The van der Waals surface area contributed by atoms with Gasteiger partial charge in [-0.05, 0) is 26.8 Å². The van der Waals surface area contributed by atoms with Crippen molar-refractivity contribution in [3.05, 3.63) is 45.6 Å². The molecule has 2 N–H and O–H groups in total. The van der Waals surface area contributed by atoms with Crippen LogP contribution in [0.5, 0.6) is 5.75 Å². The van der Waals surface area contributed by atoms with E-state index in [-0.39, 0.29) is 18.2 Å². The number of nitro benzene ring substituents is 1. The summed E-state index contributed by atoms with van der Waals surface area (Å²) in [6.45, 7) is 5.15. The predicted molar refractivity (Wildman–Crippen MR) is 73.7 cm³/mol. The fourth-order valence-electron chi connectivity index (χ4n) is 1.67. The van der Waals surface area contributed by atoms with Crippen LogP contribution in [0.2, 0.25) is 0 Å². The van der Waals surface area contributed by atoms with Crippen molar-refractivity contribution in [3.63, 3.8) is 0 Å². The van der Waals surface area contributed by atoms with E-state index in [4.69, 9.17) is 15.0 Å². The van der Waals surface area contributed by atoms with Crippen molar-refractivity contribution < 1.29 is 14.2 Å². The molecule has 0 aliphatic carbocycles. The maximum absolute atomic E-state index is 10.9. The Morgan fingerprint density at radius 2 is 2.19 bits per heavy atom. The Hall–Kier alpha value is -2.48. The molecule has 0 amide bonds. The summed E-state index contributed by atoms with van der Waals surface area (Å²) in [5.41, 5.74) is 5.60. The summed E-state index contributed by atoms with van der Waals surface area (Å²) in [7, 11) is 0. The largest absolute Gasteiger partial charge is 0.483 e. The fraction of sp³-hybridized carbons (Fsp3) is 0.385. The maximum atomic E-state index is 10.9. The lowest BCUT2D eigenvalue weighted by Gasteiger charge is -2.11. The predicted octanol–water partition coefficient (Wildman–Crippen LogP) is 2.06. The van der Waals surface area contributed by atoms with E-state index in [0.717, 1.165) is 0 Å². The third-order valence-electron chi connectivity index (χ3n) is 2.85. The lowest BCUT2D eigenvalue weighted by Crippen LogP contribution is -2.30. The minimum atomic E-state index is -0.705. The van der Waals surface area contributed by atoms with Crippen molar-refractivity contribution in [2.24, 2.45) is 5.73 Å². The zero-order valence-corrected chi connectivity index (χ0v) is 12.0. The van der Waals surface area contributed by atoms with Crippen LogP contribution in [0.3, 0.4) is 0 Å². The van der Waals surface area contributed by atoms with Gasteiger partial charge in [0.25, 0.3) is 11.6 Å². The summed E-state index contributed by atoms with van der Waals surface area (Å²) in [5.74, 6) is 1.03. The quantitative estimate of drug-likeness (QED) is 0.661. The van der Waals surface area contributed by atoms with E-state index in [2.05, 4.69) is 10.1 Å². The fourth-order valence-corrected chi connectivity index (χ4v) is 1.67. The lowest BCUT2D eigenvalue weighted by atomic mass is 10.1. The average Bonchev–Trinajstić information content (AvgIpc) is 2.86. The summed E-state index contributed by atoms with van der Waals surface area (Å²) in [6.07, 6.45) is 0. The second-order valence-electron chi connectivity index (χ2n) is 5.18. The topological polar surface area (TPSA) is 117 Å². The molecule has 8 heteroatoms. The van der Waals surface area contributed by atoms with Crippen molar-refractivity contribution in [2.75, 3.05) is 0 Å². The van der Waals surface area contributed by atoms with Crippen LogP contribution in [0.25, 0.3) is 0 Å². The Bertz CT molecular complexity index is 660. The van der Waals surface area contributed by atoms with Gasteiger partial charge in [0, 0.05) is 6.07 Å². The van der Waals surface area contributed by atoms with Gasteiger partial charge >= 0.3 is 0 Å². The summed E-state index contributed by atoms with van der Waals surface area (Å²) in [5, 5.41) is 14.6. The van der Waals surface area contributed by atoms with E-state index in [9.17, 15) is 10.1 Å². The van der Waals surface area contributed by atoms with Crippen molar-refractivity contribution >= 4 is 5.69 Å². The average molecular weight is 292 g/mol. The molecule has 1 heterocycles. The third-order valence-corrected chi connectivity index (χ3v) is 2.85. The third kappa shape index (κ3) is 3.34. The number of nitrogens with zero attached hydrogens (tertiary/aromatic N) is 3. The first-order chi connectivity index (χ1) is 9.79. The molecule has 21 heavy (non-hydrogen) atoms. The number of ether oxygens (including phenoxy) is 1. The van der Waals surface area contributed by atoms with Gasteiger partial charge in [-0.1, -0.05) is 11.2 Å². The molecule has 0 fully saturated rings. The number of hydrogen-bond acceptors (Lipinski definition) is 7. The highest BCUT2D eigenvalue weighted by atomic mass is 16.6. The number of nitrogens with two attached hydrogens (primary N) is 1. The number of hydrogen-bond donors (Lipinski definition) is 1. The first kappa shape index (κ1) is 14.9. The van der Waals surface area contributed by atoms with E-state index < -0.39 is 10.5 Å². The second-order valence-corrected chi connectivity index (χ2v) is 5.18. The molecule has 0 atom stereocenters. The minimum absolute atomic E-state index is 0.00168. The Kier molecular flexibility index (Phi) is 3.90. The zero-order chi connectivity index (χ0) is 15.6. The van der Waals surface area contributed by atoms with Crippen LogP contribution in [0.4, 0.5) is 5.69 Å². The van der Waals surface area contributed by atoms with Crippen molar-refractivity contribution in [2.45, 2.75) is 32.9 Å². The van der Waals surface area contributed by atoms with E-state index >= 15 is 0 Å². The smallest absolute Gasteiger partial charge is 0.276 e. The van der Waals surface area contributed by atoms with Crippen molar-refractivity contribution in [1.29, 1.82) is 0 Å². The SMILES string of the molecule is Cc1c(OCc2nc(C(C)(C)N)no2)cccc1[N+](=O)[O-]. The molecule has 112 valence electrons. The maximum Gasteiger partial charge on any atom is 0.276 e. The molecular formula is C13H16N4O4. The summed E-state index contributed by atoms with van der Waals surface area (Å²) < 4.78 is 10.5. The van der Waals surface area contributed by atoms with Crippen LogP contribution in [0.15, 0.2) is 22.7 Å². The van der Waals surface area contributed by atoms with Crippen molar-refractivity contribution in [3.8, 4) is 5.75 Å². The van der Waals surface area contributed by atoms with Crippen LogP contribution < -0.4 is 10.5 Å². The summed E-state index contributed by atoms with van der Waals surface area (Å²) in [4.78, 5) is 14.5. The molecule has 0 aliphatic heterocycles. The monoisotopic (exact) mass is 292 g/mol. The molecule has 0 bridgehead atoms. The summed E-state index contributed by atoms with van der Waals surface area (Å²) in [6, 6.07) is 4.62. The molecular weight excluding hydrogens is 276 g/mol. The van der Waals surface area contributed by atoms with Crippen LogP contribution in [-0.2, 0) is 12.1 Å². The molecule has 0 unspecified atom stereocenters. The van der Waals surface area contributed by atoms with Gasteiger partial charge in [-0.3, -0.25) is 10.1 Å². The van der Waals surface area contributed by atoms with Gasteiger partial charge in [-0.2, -0.15) is 4.98 Å². The van der Waals surface area contributed by atoms with Crippen LogP contribution in [-0.4, -0.2) is 15.1 Å². The highest BCUT2D eigenvalue weighted by Crippen LogP contribution is 2.27. The highest BCUT2D eigenvalue weighted by Gasteiger charge is 2.22. The Labute approximate surface area is 121 Å². The zero-order valence-electron chi connectivity index (χ0n) is 12.0. The van der Waals surface area contributed by atoms with Gasteiger partial charge in [-0.15, -0.1) is 0 Å². The Balaban J connectivity index is 2.12. The first-order valence-electron chi connectivity index (χ1n) is 6.28. The van der Waals surface area contributed by atoms with Crippen LogP contribution in [0.1, 0.15) is 31.1 Å². The molecule has 0 aliphatic rings. The number of aromatic nitrogens is 2. The van der Waals surface area contributed by atoms with E-state index in [0.29, 0.717) is 17.1 Å². The Morgan fingerprint density at radius 1 is 1.48 bits per heavy atom. The first-order valence-corrected chi connectivity index (χ1v) is 6.28. The second kappa shape index (κ2) is 5.49. The highest BCUT2D eigenvalue weighted by molar-refractivity contribution is 5.48. The number of nitro groups is 1. The Morgan fingerprint density at radius 3 is 2.76 bits per heavy atom. The van der Waals surface area contributed by atoms with Crippen molar-refractivity contribution in [1.82, 2.24) is 10.1 Å².